The number of rotatable bonds is 4. The number of carbonyl (C=O) groups is 1. The number of carbonyl (C=O) groups excluding carboxylic acids is 1. The molecule has 3 N–H and O–H groups in total. The smallest absolute Gasteiger partial charge is 0.272 e. The van der Waals surface area contributed by atoms with Crippen LogP contribution in [0.2, 0.25) is 0 Å². The second-order valence-corrected chi connectivity index (χ2v) is 5.05. The maximum atomic E-state index is 13.3. The molecule has 0 saturated carbocycles. The van der Waals surface area contributed by atoms with Crippen LogP contribution in [0.15, 0.2) is 18.2 Å². The Morgan fingerprint density at radius 2 is 2.00 bits per heavy atom. The summed E-state index contributed by atoms with van der Waals surface area (Å²) in [6.07, 6.45) is 0.933. The number of nitrogens with one attached hydrogen (secondary N) is 3. The van der Waals surface area contributed by atoms with E-state index in [1.54, 1.807) is 0 Å². The highest BCUT2D eigenvalue weighted by Crippen LogP contribution is 2.08. The van der Waals surface area contributed by atoms with E-state index in [0.717, 1.165) is 18.6 Å². The maximum absolute atomic E-state index is 13.3. The van der Waals surface area contributed by atoms with Crippen molar-refractivity contribution in [3.63, 3.8) is 0 Å². The summed E-state index contributed by atoms with van der Waals surface area (Å²) in [7, 11) is 0. The molecule has 0 fully saturated rings. The molecule has 4 nitrogen and oxygen atoms in total. The highest BCUT2D eigenvalue weighted by Gasteiger charge is 2.12. The minimum atomic E-state index is -0.928. The van der Waals surface area contributed by atoms with E-state index < -0.39 is 17.5 Å². The lowest BCUT2D eigenvalue weighted by Crippen LogP contribution is -2.47. The topological polar surface area (TPSA) is 53.2 Å². The van der Waals surface area contributed by atoms with Crippen LogP contribution in [-0.2, 0) is 0 Å². The molecule has 0 radical (unpaired) electrons. The second kappa shape index (κ2) is 7.74. The molecule has 0 aliphatic carbocycles. The van der Waals surface area contributed by atoms with Gasteiger partial charge in [-0.15, -0.1) is 0 Å². The summed E-state index contributed by atoms with van der Waals surface area (Å²) in [6, 6.07) is 2.72. The van der Waals surface area contributed by atoms with Crippen molar-refractivity contribution < 1.29 is 13.6 Å². The lowest BCUT2D eigenvalue weighted by atomic mass is 10.1. The Labute approximate surface area is 121 Å². The fraction of sp³-hybridized carbons (Fsp3) is 0.385. The summed E-state index contributed by atoms with van der Waals surface area (Å²) in [5, 5.41) is 3.13. The highest BCUT2D eigenvalue weighted by molar-refractivity contribution is 7.80. The lowest BCUT2D eigenvalue weighted by Gasteiger charge is -2.12. The summed E-state index contributed by atoms with van der Waals surface area (Å²) in [5.74, 6) is -1.86. The number of hydrogen-bond donors (Lipinski definition) is 3. The molecule has 0 atom stereocenters. The minimum Gasteiger partial charge on any atom is -0.361 e. The maximum Gasteiger partial charge on any atom is 0.272 e. The zero-order valence-corrected chi connectivity index (χ0v) is 12.1. The van der Waals surface area contributed by atoms with Crippen LogP contribution in [-0.4, -0.2) is 17.6 Å². The van der Waals surface area contributed by atoms with E-state index in [-0.39, 0.29) is 10.7 Å². The number of hydrogen-bond acceptors (Lipinski definition) is 2. The molecule has 0 bridgehead atoms. The van der Waals surface area contributed by atoms with Crippen LogP contribution in [0.25, 0.3) is 0 Å². The van der Waals surface area contributed by atoms with Crippen LogP contribution in [0.5, 0.6) is 0 Å². The number of halogens is 2. The molecule has 20 heavy (non-hydrogen) atoms. The third kappa shape index (κ3) is 5.48. The zero-order valence-electron chi connectivity index (χ0n) is 11.3. The van der Waals surface area contributed by atoms with Gasteiger partial charge in [-0.1, -0.05) is 13.8 Å². The summed E-state index contributed by atoms with van der Waals surface area (Å²) in [4.78, 5) is 11.6. The van der Waals surface area contributed by atoms with Crippen molar-refractivity contribution in [3.8, 4) is 0 Å². The van der Waals surface area contributed by atoms with Gasteiger partial charge in [0.25, 0.3) is 5.91 Å². The van der Waals surface area contributed by atoms with Gasteiger partial charge in [0.15, 0.2) is 5.11 Å². The van der Waals surface area contributed by atoms with Gasteiger partial charge in [0, 0.05) is 12.6 Å². The van der Waals surface area contributed by atoms with Gasteiger partial charge in [0.05, 0.1) is 5.56 Å². The molecular weight excluding hydrogens is 284 g/mol. The standard InChI is InChI=1S/C13H17F2N3OS/c1-8(2)5-6-16-13(20)18-17-12(19)10-4-3-9(14)7-11(10)15/h3-4,7-8H,5-6H2,1-2H3,(H,17,19)(H2,16,18,20). The zero-order chi connectivity index (χ0) is 15.1. The van der Waals surface area contributed by atoms with E-state index in [1.807, 2.05) is 0 Å². The van der Waals surface area contributed by atoms with E-state index in [1.165, 1.54) is 0 Å². The van der Waals surface area contributed by atoms with Crippen molar-refractivity contribution in [1.82, 2.24) is 16.2 Å². The van der Waals surface area contributed by atoms with Crippen LogP contribution >= 0.6 is 12.2 Å². The van der Waals surface area contributed by atoms with Crippen molar-refractivity contribution in [2.45, 2.75) is 20.3 Å². The van der Waals surface area contributed by atoms with Crippen molar-refractivity contribution in [3.05, 3.63) is 35.4 Å². The lowest BCUT2D eigenvalue weighted by molar-refractivity contribution is 0.0939. The first-order chi connectivity index (χ1) is 9.40. The number of hydrazine groups is 1. The van der Waals surface area contributed by atoms with E-state index in [9.17, 15) is 13.6 Å². The number of amides is 1. The largest absolute Gasteiger partial charge is 0.361 e. The summed E-state index contributed by atoms with van der Waals surface area (Å²) < 4.78 is 26.1. The molecule has 0 saturated heterocycles. The average Bonchev–Trinajstić information content (AvgIpc) is 2.35. The molecule has 1 aromatic carbocycles. The van der Waals surface area contributed by atoms with Crippen molar-refractivity contribution in [1.29, 1.82) is 0 Å². The predicted octanol–water partition coefficient (Wildman–Crippen LogP) is 2.12. The van der Waals surface area contributed by atoms with Gasteiger partial charge in [0.1, 0.15) is 11.6 Å². The predicted molar refractivity (Wildman–Crippen MR) is 77.0 cm³/mol. The molecule has 1 amide bonds. The molecule has 0 spiro atoms. The fourth-order valence-corrected chi connectivity index (χ4v) is 1.53. The van der Waals surface area contributed by atoms with Crippen molar-refractivity contribution in [2.75, 3.05) is 6.54 Å². The third-order valence-corrected chi connectivity index (χ3v) is 2.72. The summed E-state index contributed by atoms with van der Waals surface area (Å²) >= 11 is 4.94. The van der Waals surface area contributed by atoms with Crippen LogP contribution < -0.4 is 16.2 Å². The van der Waals surface area contributed by atoms with Crippen LogP contribution in [0.1, 0.15) is 30.6 Å². The van der Waals surface area contributed by atoms with Crippen LogP contribution in [0.3, 0.4) is 0 Å². The van der Waals surface area contributed by atoms with Crippen molar-refractivity contribution >= 4 is 23.2 Å². The highest BCUT2D eigenvalue weighted by atomic mass is 32.1. The normalized spacial score (nSPS) is 10.2. The Morgan fingerprint density at radius 1 is 1.30 bits per heavy atom. The number of benzene rings is 1. The SMILES string of the molecule is CC(C)CCNC(=S)NNC(=O)c1ccc(F)cc1F. The molecule has 7 heteroatoms. The molecule has 110 valence electrons. The second-order valence-electron chi connectivity index (χ2n) is 4.64. The first-order valence-corrected chi connectivity index (χ1v) is 6.60. The summed E-state index contributed by atoms with van der Waals surface area (Å²) in [6.45, 7) is 4.83. The van der Waals surface area contributed by atoms with Gasteiger partial charge in [-0.05, 0) is 36.7 Å². The molecule has 0 aromatic heterocycles. The Kier molecular flexibility index (Phi) is 6.30. The van der Waals surface area contributed by atoms with E-state index in [2.05, 4.69) is 30.0 Å². The Hall–Kier alpha value is -1.76. The molecule has 0 aliphatic heterocycles. The van der Waals surface area contributed by atoms with Gasteiger partial charge in [-0.25, -0.2) is 8.78 Å². The Balaban J connectivity index is 2.41. The Bertz CT molecular complexity index is 495. The van der Waals surface area contributed by atoms with E-state index >= 15 is 0 Å². The van der Waals surface area contributed by atoms with Gasteiger partial charge in [-0.3, -0.25) is 15.6 Å². The first-order valence-electron chi connectivity index (χ1n) is 6.19. The first kappa shape index (κ1) is 16.3. The minimum absolute atomic E-state index is 0.238. The van der Waals surface area contributed by atoms with Crippen LogP contribution in [0.4, 0.5) is 8.78 Å². The van der Waals surface area contributed by atoms with Gasteiger partial charge in [0.2, 0.25) is 0 Å². The van der Waals surface area contributed by atoms with Crippen LogP contribution in [0, 0.1) is 17.6 Å². The quantitative estimate of drug-likeness (QED) is 0.589. The molecule has 0 unspecified atom stereocenters. The van der Waals surface area contributed by atoms with E-state index in [0.29, 0.717) is 18.5 Å². The Morgan fingerprint density at radius 3 is 2.60 bits per heavy atom. The average molecular weight is 301 g/mol. The van der Waals surface area contributed by atoms with Gasteiger partial charge in [-0.2, -0.15) is 0 Å². The molecular formula is C13H17F2N3OS. The third-order valence-electron chi connectivity index (χ3n) is 2.47. The summed E-state index contributed by atoms with van der Waals surface area (Å²) in [5.41, 5.74) is 4.44. The van der Waals surface area contributed by atoms with Gasteiger partial charge >= 0.3 is 0 Å². The molecule has 1 aromatic rings. The fourth-order valence-electron chi connectivity index (χ4n) is 1.37. The van der Waals surface area contributed by atoms with Gasteiger partial charge < -0.3 is 5.32 Å². The molecule has 1 rings (SSSR count). The van der Waals surface area contributed by atoms with E-state index in [4.69, 9.17) is 12.2 Å². The monoisotopic (exact) mass is 301 g/mol. The van der Waals surface area contributed by atoms with Crippen molar-refractivity contribution in [2.24, 2.45) is 5.92 Å². The molecule has 0 heterocycles. The molecule has 0 aliphatic rings. The number of thiocarbonyl (C=S) groups is 1.